The Morgan fingerprint density at radius 1 is 1.10 bits per heavy atom. The summed E-state index contributed by atoms with van der Waals surface area (Å²) in [6.45, 7) is 1.90. The number of unbranched alkanes of at least 4 members (excludes halogenated alkanes) is 8. The van der Waals surface area contributed by atoms with Crippen LogP contribution in [-0.4, -0.2) is 29.4 Å². The van der Waals surface area contributed by atoms with Crippen molar-refractivity contribution in [1.82, 2.24) is 0 Å². The first-order valence-electron chi connectivity index (χ1n) is 7.96. The highest BCUT2D eigenvalue weighted by Gasteiger charge is 2.09. The van der Waals surface area contributed by atoms with E-state index in [9.17, 15) is 4.79 Å². The summed E-state index contributed by atoms with van der Waals surface area (Å²) in [5.74, 6) is 5.38. The lowest BCUT2D eigenvalue weighted by atomic mass is 10.1. The van der Waals surface area contributed by atoms with Gasteiger partial charge in [0.25, 0.3) is 0 Å². The zero-order chi connectivity index (χ0) is 15.8. The molecular weight excluding hydrogens is 284 g/mol. The van der Waals surface area contributed by atoms with Crippen LogP contribution in [0.1, 0.15) is 71.1 Å². The summed E-state index contributed by atoms with van der Waals surface area (Å²) >= 11 is 1.38. The molecule has 21 heavy (non-hydrogen) atoms. The minimum Gasteiger partial charge on any atom is -0.481 e. The van der Waals surface area contributed by atoms with E-state index in [1.807, 2.05) is 6.92 Å². The third kappa shape index (κ3) is 15.5. The van der Waals surface area contributed by atoms with Gasteiger partial charge in [-0.05, 0) is 26.2 Å². The van der Waals surface area contributed by atoms with E-state index in [1.54, 1.807) is 7.11 Å². The van der Waals surface area contributed by atoms with Crippen LogP contribution in [-0.2, 0) is 9.53 Å². The van der Waals surface area contributed by atoms with Crippen molar-refractivity contribution in [2.24, 2.45) is 0 Å². The van der Waals surface area contributed by atoms with Gasteiger partial charge in [-0.2, -0.15) is 0 Å². The van der Waals surface area contributed by atoms with Crippen molar-refractivity contribution in [3.05, 3.63) is 0 Å². The standard InChI is InChI=1S/C17H30O3S/c1-3-4-5-6-7-8-9-10-11-12-13-14-17(20-2)21-15-16(18)19/h17H,5-15H2,1-2H3,(H,18,19). The average molecular weight is 314 g/mol. The van der Waals surface area contributed by atoms with Crippen LogP contribution >= 0.6 is 11.8 Å². The van der Waals surface area contributed by atoms with Crippen LogP contribution in [0, 0.1) is 11.8 Å². The second-order valence-corrected chi connectivity index (χ2v) is 6.31. The number of carbonyl (C=O) groups is 1. The number of hydrogen-bond acceptors (Lipinski definition) is 3. The highest BCUT2D eigenvalue weighted by Crippen LogP contribution is 2.19. The molecule has 0 aliphatic rings. The fourth-order valence-corrected chi connectivity index (χ4v) is 2.94. The Bertz CT molecular complexity index is 307. The number of thioether (sulfide) groups is 1. The normalized spacial score (nSPS) is 11.7. The number of carboxylic acids is 1. The molecule has 0 heterocycles. The summed E-state index contributed by atoms with van der Waals surface area (Å²) in [4.78, 5) is 10.5. The lowest BCUT2D eigenvalue weighted by Gasteiger charge is -2.13. The molecule has 0 amide bonds. The Hall–Kier alpha value is -0.660. The summed E-state index contributed by atoms with van der Waals surface area (Å²) in [6, 6.07) is 0. The lowest BCUT2D eigenvalue weighted by Crippen LogP contribution is -2.10. The third-order valence-electron chi connectivity index (χ3n) is 3.32. The number of hydrogen-bond donors (Lipinski definition) is 1. The minimum atomic E-state index is -0.771. The second kappa shape index (κ2) is 15.7. The smallest absolute Gasteiger partial charge is 0.313 e. The van der Waals surface area contributed by atoms with E-state index in [2.05, 4.69) is 11.8 Å². The molecule has 0 bridgehead atoms. The van der Waals surface area contributed by atoms with Crippen molar-refractivity contribution in [3.63, 3.8) is 0 Å². The van der Waals surface area contributed by atoms with Crippen LogP contribution < -0.4 is 0 Å². The summed E-state index contributed by atoms with van der Waals surface area (Å²) in [6.07, 6.45) is 12.1. The van der Waals surface area contributed by atoms with Crippen LogP contribution in [0.15, 0.2) is 0 Å². The van der Waals surface area contributed by atoms with Gasteiger partial charge in [0.05, 0.1) is 5.75 Å². The average Bonchev–Trinajstić information content (AvgIpc) is 2.47. The predicted octanol–water partition coefficient (Wildman–Crippen LogP) is 4.70. The molecule has 0 aromatic carbocycles. The van der Waals surface area contributed by atoms with Gasteiger partial charge in [0.15, 0.2) is 0 Å². The zero-order valence-electron chi connectivity index (χ0n) is 13.5. The topological polar surface area (TPSA) is 46.5 Å². The van der Waals surface area contributed by atoms with Gasteiger partial charge < -0.3 is 9.84 Å². The molecule has 1 N–H and O–H groups in total. The largest absolute Gasteiger partial charge is 0.481 e. The van der Waals surface area contributed by atoms with Crippen LogP contribution in [0.4, 0.5) is 0 Å². The highest BCUT2D eigenvalue weighted by molar-refractivity contribution is 8.00. The number of rotatable bonds is 14. The van der Waals surface area contributed by atoms with Crippen LogP contribution in [0.2, 0.25) is 0 Å². The third-order valence-corrected chi connectivity index (χ3v) is 4.54. The Labute approximate surface area is 134 Å². The molecular formula is C17H30O3S. The van der Waals surface area contributed by atoms with E-state index in [1.165, 1.54) is 56.7 Å². The molecule has 1 unspecified atom stereocenters. The number of methoxy groups -OCH3 is 1. The van der Waals surface area contributed by atoms with Crippen LogP contribution in [0.3, 0.4) is 0 Å². The quantitative estimate of drug-likeness (QED) is 0.287. The maximum absolute atomic E-state index is 10.5. The Balaban J connectivity index is 3.29. The van der Waals surface area contributed by atoms with Gasteiger partial charge in [0.2, 0.25) is 0 Å². The first kappa shape index (κ1) is 20.3. The monoisotopic (exact) mass is 314 g/mol. The lowest BCUT2D eigenvalue weighted by molar-refractivity contribution is -0.133. The second-order valence-electron chi connectivity index (χ2n) is 5.16. The first-order chi connectivity index (χ1) is 10.2. The van der Waals surface area contributed by atoms with Crippen molar-refractivity contribution >= 4 is 17.7 Å². The minimum absolute atomic E-state index is 0.0285. The molecule has 0 aromatic heterocycles. The molecule has 4 heteroatoms. The van der Waals surface area contributed by atoms with Crippen molar-refractivity contribution in [3.8, 4) is 11.8 Å². The Kier molecular flexibility index (Phi) is 15.2. The molecule has 0 saturated heterocycles. The number of aliphatic carboxylic acids is 1. The van der Waals surface area contributed by atoms with Crippen molar-refractivity contribution < 1.29 is 14.6 Å². The van der Waals surface area contributed by atoms with Gasteiger partial charge >= 0.3 is 5.97 Å². The zero-order valence-corrected chi connectivity index (χ0v) is 14.3. The summed E-state index contributed by atoms with van der Waals surface area (Å²) in [5, 5.41) is 8.63. The van der Waals surface area contributed by atoms with E-state index < -0.39 is 5.97 Å². The van der Waals surface area contributed by atoms with E-state index in [-0.39, 0.29) is 11.2 Å². The molecule has 0 aliphatic heterocycles. The Morgan fingerprint density at radius 3 is 2.19 bits per heavy atom. The molecule has 0 aromatic rings. The van der Waals surface area contributed by atoms with Crippen LogP contribution in [0.5, 0.6) is 0 Å². The molecule has 0 fully saturated rings. The first-order valence-corrected chi connectivity index (χ1v) is 9.01. The molecule has 0 aliphatic carbocycles. The number of ether oxygens (including phenoxy) is 1. The highest BCUT2D eigenvalue weighted by atomic mass is 32.2. The van der Waals surface area contributed by atoms with Crippen LogP contribution in [0.25, 0.3) is 0 Å². The van der Waals surface area contributed by atoms with Crippen molar-refractivity contribution in [2.75, 3.05) is 12.9 Å². The fourth-order valence-electron chi connectivity index (χ4n) is 2.14. The summed E-state index contributed by atoms with van der Waals surface area (Å²) in [5.41, 5.74) is 0.0285. The maximum Gasteiger partial charge on any atom is 0.313 e. The molecule has 122 valence electrons. The van der Waals surface area contributed by atoms with Crippen molar-refractivity contribution in [2.45, 2.75) is 76.6 Å². The van der Waals surface area contributed by atoms with E-state index in [0.717, 1.165) is 19.3 Å². The number of carboxylic acid groups (broad SMARTS) is 1. The van der Waals surface area contributed by atoms with Crippen molar-refractivity contribution in [1.29, 1.82) is 0 Å². The van der Waals surface area contributed by atoms with Gasteiger partial charge in [0.1, 0.15) is 5.44 Å². The SMILES string of the molecule is CC#CCCCCCCCCCCC(OC)SCC(=O)O. The summed E-state index contributed by atoms with van der Waals surface area (Å²) in [7, 11) is 1.66. The Morgan fingerprint density at radius 2 is 1.67 bits per heavy atom. The molecule has 0 rings (SSSR count). The van der Waals surface area contributed by atoms with E-state index >= 15 is 0 Å². The van der Waals surface area contributed by atoms with Gasteiger partial charge in [-0.15, -0.1) is 23.6 Å². The molecule has 0 radical (unpaired) electrons. The summed E-state index contributed by atoms with van der Waals surface area (Å²) < 4.78 is 5.28. The molecule has 3 nitrogen and oxygen atoms in total. The fraction of sp³-hybridized carbons (Fsp3) is 0.824. The van der Waals surface area contributed by atoms with Gasteiger partial charge in [-0.1, -0.05) is 38.5 Å². The van der Waals surface area contributed by atoms with E-state index in [4.69, 9.17) is 9.84 Å². The van der Waals surface area contributed by atoms with Gasteiger partial charge in [0, 0.05) is 13.5 Å². The predicted molar refractivity (Wildman–Crippen MR) is 90.5 cm³/mol. The molecule has 0 spiro atoms. The molecule has 1 atom stereocenters. The van der Waals surface area contributed by atoms with Gasteiger partial charge in [-0.25, -0.2) is 0 Å². The van der Waals surface area contributed by atoms with Gasteiger partial charge in [-0.3, -0.25) is 4.79 Å². The maximum atomic E-state index is 10.5. The van der Waals surface area contributed by atoms with E-state index in [0.29, 0.717) is 0 Å². The molecule has 0 saturated carbocycles.